The van der Waals surface area contributed by atoms with Gasteiger partial charge in [0.25, 0.3) is 0 Å². The summed E-state index contributed by atoms with van der Waals surface area (Å²) in [7, 11) is 0. The largest absolute Gasteiger partial charge is 0.461 e. The first-order chi connectivity index (χ1) is 41.7. The quantitative estimate of drug-likeness (QED) is 0.103. The van der Waals surface area contributed by atoms with Crippen molar-refractivity contribution in [2.24, 2.45) is 21.7 Å². The maximum absolute atomic E-state index is 14.7. The van der Waals surface area contributed by atoms with E-state index >= 15 is 0 Å². The van der Waals surface area contributed by atoms with Crippen LogP contribution >= 0.6 is 0 Å². The van der Waals surface area contributed by atoms with Crippen molar-refractivity contribution >= 4 is 23.9 Å². The fraction of sp³-hybridized carbons (Fsp3) is 0.806. The average Bonchev–Trinajstić information content (AvgIpc) is 3.69. The highest BCUT2D eigenvalue weighted by Gasteiger charge is 2.45. The smallest absolute Gasteiger partial charge is 0.317 e. The molecule has 8 aliphatic heterocycles. The van der Waals surface area contributed by atoms with Crippen molar-refractivity contribution in [1.82, 2.24) is 0 Å². The normalized spacial score (nSPS) is 35.7. The number of hydrogen-bond donors (Lipinski definition) is 4. The highest BCUT2D eigenvalue weighted by atomic mass is 16.7. The van der Waals surface area contributed by atoms with Gasteiger partial charge in [-0.15, -0.1) is 0 Å². The summed E-state index contributed by atoms with van der Waals surface area (Å²) in [6.45, 7) is 3.08. The summed E-state index contributed by atoms with van der Waals surface area (Å²) in [6.07, 6.45) is 6.11. The van der Waals surface area contributed by atoms with Gasteiger partial charge in [0.2, 0.25) is 0 Å². The lowest BCUT2D eigenvalue weighted by Crippen LogP contribution is -2.47. The molecule has 0 fully saturated rings. The van der Waals surface area contributed by atoms with Gasteiger partial charge in [0.15, 0.2) is 62.5 Å². The van der Waals surface area contributed by atoms with Gasteiger partial charge < -0.3 is 101 Å². The van der Waals surface area contributed by atoms with Crippen molar-refractivity contribution < 1.29 is 120 Å². The number of ether oxygens (including phenoxy) is 17. The van der Waals surface area contributed by atoms with Crippen molar-refractivity contribution in [1.29, 1.82) is 0 Å². The number of aliphatic hydroxyl groups is 4. The lowest BCUT2D eigenvalue weighted by Gasteiger charge is -2.34. The first-order valence-corrected chi connectivity index (χ1v) is 31.0. The second-order valence-corrected chi connectivity index (χ2v) is 25.2. The molecule has 8 aliphatic rings. The summed E-state index contributed by atoms with van der Waals surface area (Å²) in [5, 5.41) is 43.4. The summed E-state index contributed by atoms with van der Waals surface area (Å²) in [5.41, 5.74) is -1.89. The molecule has 25 nitrogen and oxygen atoms in total. The topological polar surface area (TPSA) is 306 Å². The van der Waals surface area contributed by atoms with Gasteiger partial charge in [-0.2, -0.15) is 0 Å². The second kappa shape index (κ2) is 33.5. The van der Waals surface area contributed by atoms with Gasteiger partial charge in [-0.25, -0.2) is 0 Å². The zero-order valence-electron chi connectivity index (χ0n) is 51.1. The molecular weight excluding hydrogens is 1140 g/mol. The van der Waals surface area contributed by atoms with Crippen LogP contribution in [0.1, 0.15) is 130 Å². The van der Waals surface area contributed by atoms with E-state index in [2.05, 4.69) is 0 Å². The summed E-state index contributed by atoms with van der Waals surface area (Å²) in [4.78, 5) is 58.2. The van der Waals surface area contributed by atoms with Crippen LogP contribution in [0.15, 0.2) is 46.6 Å². The van der Waals surface area contributed by atoms with Gasteiger partial charge in [0, 0.05) is 0 Å². The molecular formula is C62H94O25. The standard InChI is InChI=1S/C62H94O25/c1-59(33-78-47(63)13-5-9-41-17-21-72-51(25-41)82-37-59)55(67)76-31-45(86-57(69)61(3)35-80-49(65)15-7-11-43-19-23-74-53(27-43)84-39-61)29-71-30-46(87-58(70)62(4)36-81-50(66)16-8-12-44-20-24-75-54(28-44)85-40-62)32-77-56(68)60(2)34-79-48(64)14-6-10-42-18-22-73-52(26-42)83-38-60/h25-28,45-54,63-66H,5-24,29-40H2,1-4H3. The van der Waals surface area contributed by atoms with Gasteiger partial charge in [-0.3, -0.25) is 19.2 Å². The van der Waals surface area contributed by atoms with E-state index in [1.165, 1.54) is 13.8 Å². The molecule has 87 heavy (non-hydrogen) atoms. The van der Waals surface area contributed by atoms with Crippen molar-refractivity contribution in [2.45, 2.75) is 193 Å². The third-order valence-corrected chi connectivity index (χ3v) is 16.7. The van der Waals surface area contributed by atoms with Gasteiger partial charge in [0.05, 0.1) is 92.5 Å². The van der Waals surface area contributed by atoms with E-state index in [-0.39, 0.29) is 52.9 Å². The Bertz CT molecular complexity index is 2200. The Hall–Kier alpha value is -3.84. The number of rotatable bonds is 14. The third kappa shape index (κ3) is 21.6. The number of aliphatic hydroxyl groups excluding tert-OH is 4. The predicted octanol–water partition coefficient (Wildman–Crippen LogP) is 4.77. The monoisotopic (exact) mass is 1240 g/mol. The minimum absolute atomic E-state index is 0.252. The molecule has 0 aromatic heterocycles. The van der Waals surface area contributed by atoms with Crippen LogP contribution in [0.2, 0.25) is 0 Å². The van der Waals surface area contributed by atoms with E-state index in [1.54, 1.807) is 13.8 Å². The fourth-order valence-electron chi connectivity index (χ4n) is 10.7. The van der Waals surface area contributed by atoms with E-state index in [0.29, 0.717) is 116 Å². The van der Waals surface area contributed by atoms with E-state index in [0.717, 1.165) is 35.1 Å². The number of fused-ring (bicyclic) bond motifs is 4. The number of hydrogen-bond acceptors (Lipinski definition) is 25. The molecule has 0 aromatic rings. The van der Waals surface area contributed by atoms with Crippen LogP contribution in [-0.4, -0.2) is 213 Å². The van der Waals surface area contributed by atoms with E-state index < -0.39 is 134 Å². The Morgan fingerprint density at radius 2 is 0.632 bits per heavy atom. The van der Waals surface area contributed by atoms with E-state index in [4.69, 9.17) is 80.5 Å². The Balaban J connectivity index is 1.04. The van der Waals surface area contributed by atoms with Crippen molar-refractivity contribution in [2.75, 3.05) is 106 Å². The Morgan fingerprint density at radius 3 is 0.908 bits per heavy atom. The minimum Gasteiger partial charge on any atom is -0.461 e. The van der Waals surface area contributed by atoms with E-state index in [1.807, 2.05) is 24.3 Å². The molecule has 0 aromatic carbocycles. The Kier molecular flexibility index (Phi) is 26.6. The first kappa shape index (κ1) is 69.1. The molecule has 0 spiro atoms. The summed E-state index contributed by atoms with van der Waals surface area (Å²) in [5.74, 6) is -3.45. The Morgan fingerprint density at radius 1 is 0.379 bits per heavy atom. The average molecular weight is 1240 g/mol. The third-order valence-electron chi connectivity index (χ3n) is 16.7. The van der Waals surface area contributed by atoms with Crippen molar-refractivity contribution in [3.8, 4) is 0 Å². The molecule has 8 bridgehead atoms. The zero-order valence-corrected chi connectivity index (χ0v) is 51.1. The van der Waals surface area contributed by atoms with Crippen molar-refractivity contribution in [3.05, 3.63) is 46.6 Å². The molecule has 14 atom stereocenters. The molecule has 0 saturated heterocycles. The minimum atomic E-state index is -1.59. The van der Waals surface area contributed by atoms with Gasteiger partial charge in [0.1, 0.15) is 34.9 Å². The molecule has 0 radical (unpaired) electrons. The van der Waals surface area contributed by atoms with Crippen LogP contribution in [-0.2, 0) is 99.7 Å². The summed E-state index contributed by atoms with van der Waals surface area (Å²) < 4.78 is 102. The highest BCUT2D eigenvalue weighted by Crippen LogP contribution is 2.33. The number of carbonyl (C=O) groups excluding carboxylic acids is 4. The molecule has 8 rings (SSSR count). The summed E-state index contributed by atoms with van der Waals surface area (Å²) in [6, 6.07) is 0. The predicted molar refractivity (Wildman–Crippen MR) is 302 cm³/mol. The fourth-order valence-corrected chi connectivity index (χ4v) is 10.7. The van der Waals surface area contributed by atoms with Crippen LogP contribution in [0.3, 0.4) is 0 Å². The van der Waals surface area contributed by atoms with E-state index in [9.17, 15) is 39.6 Å². The maximum atomic E-state index is 14.7. The highest BCUT2D eigenvalue weighted by molar-refractivity contribution is 5.79. The molecule has 8 heterocycles. The van der Waals surface area contributed by atoms with Crippen molar-refractivity contribution in [3.63, 3.8) is 0 Å². The Labute approximate surface area is 509 Å². The van der Waals surface area contributed by atoms with Crippen LogP contribution in [0.4, 0.5) is 0 Å². The second-order valence-electron chi connectivity index (χ2n) is 25.2. The van der Waals surface area contributed by atoms with Crippen LogP contribution in [0.25, 0.3) is 0 Å². The molecule has 0 aliphatic carbocycles. The first-order valence-electron chi connectivity index (χ1n) is 31.0. The zero-order chi connectivity index (χ0) is 61.9. The lowest BCUT2D eigenvalue weighted by atomic mass is 9.92. The molecule has 0 amide bonds. The maximum Gasteiger partial charge on any atom is 0.317 e. The molecule has 14 unspecified atom stereocenters. The van der Waals surface area contributed by atoms with Gasteiger partial charge >= 0.3 is 23.9 Å². The SMILES string of the molecule is CC1(C(=O)OCC(COCC(COC(=O)C2(C)COC(O)CCCC3=CC(OCC3)OC2)OC(=O)C2(C)COC(O)CCCC3=CC(OCC3)OC2)OC(=O)C2(C)COC(O)CCCC3=CC(OCC3)OC2)COC(O)CCCC2=CC(OCC2)OC1. The van der Waals surface area contributed by atoms with Crippen LogP contribution in [0.5, 0.6) is 0 Å². The van der Waals surface area contributed by atoms with Crippen LogP contribution < -0.4 is 0 Å². The van der Waals surface area contributed by atoms with Gasteiger partial charge in [-0.1, -0.05) is 22.3 Å². The number of esters is 4. The molecule has 4 N–H and O–H groups in total. The molecule has 0 saturated carbocycles. The van der Waals surface area contributed by atoms with Gasteiger partial charge in [-0.05, 0) is 155 Å². The summed E-state index contributed by atoms with van der Waals surface area (Å²) >= 11 is 0. The lowest BCUT2D eigenvalue weighted by molar-refractivity contribution is -0.206. The van der Waals surface area contributed by atoms with Crippen LogP contribution in [0, 0.1) is 21.7 Å². The molecule has 25 heteroatoms. The molecule has 492 valence electrons. The number of carbonyl (C=O) groups is 4.